The Hall–Kier alpha value is -1.96. The third-order valence-electron chi connectivity index (χ3n) is 3.10. The van der Waals surface area contributed by atoms with Crippen molar-refractivity contribution in [1.82, 2.24) is 0 Å². The molecule has 2 N–H and O–H groups in total. The second-order valence-corrected chi connectivity index (χ2v) is 4.12. The fourth-order valence-corrected chi connectivity index (χ4v) is 2.10. The highest BCUT2D eigenvalue weighted by Gasteiger charge is 2.14. The molecule has 17 heavy (non-hydrogen) atoms. The van der Waals surface area contributed by atoms with Crippen molar-refractivity contribution in [3.63, 3.8) is 0 Å². The zero-order valence-electron chi connectivity index (χ0n) is 10.1. The number of hydrogen-bond donors (Lipinski definition) is 2. The largest absolute Gasteiger partial charge is 0.504 e. The smallest absolute Gasteiger partial charge is 0.165 e. The molecule has 0 atom stereocenters. The minimum atomic E-state index is -0.0256. The van der Waals surface area contributed by atoms with E-state index in [0.717, 1.165) is 22.9 Å². The average molecular weight is 228 g/mol. The molecule has 2 aromatic rings. The molecule has 0 aromatic heterocycles. The quantitative estimate of drug-likeness (QED) is 0.608. The number of rotatable bonds is 2. The lowest BCUT2D eigenvalue weighted by Crippen LogP contribution is -1.91. The molecule has 0 fully saturated rings. The van der Waals surface area contributed by atoms with Crippen molar-refractivity contribution in [2.24, 2.45) is 0 Å². The normalized spacial score (nSPS) is 11.4. The van der Waals surface area contributed by atoms with Crippen LogP contribution in [0.4, 0.5) is 0 Å². The summed E-state index contributed by atoms with van der Waals surface area (Å²) in [6.07, 6.45) is 4.79. The van der Waals surface area contributed by atoms with Gasteiger partial charge in [0.2, 0.25) is 0 Å². The van der Waals surface area contributed by atoms with E-state index in [4.69, 9.17) is 0 Å². The first kappa shape index (κ1) is 11.5. The lowest BCUT2D eigenvalue weighted by atomic mass is 9.95. The first-order valence-corrected chi connectivity index (χ1v) is 5.70. The zero-order chi connectivity index (χ0) is 12.4. The van der Waals surface area contributed by atoms with Gasteiger partial charge in [0.05, 0.1) is 0 Å². The van der Waals surface area contributed by atoms with Crippen molar-refractivity contribution in [1.29, 1.82) is 0 Å². The number of fused-ring (bicyclic) bond motifs is 1. The highest BCUT2D eigenvalue weighted by atomic mass is 16.3. The Morgan fingerprint density at radius 2 is 1.71 bits per heavy atom. The molecule has 0 saturated carbocycles. The van der Waals surface area contributed by atoms with E-state index in [1.165, 1.54) is 0 Å². The summed E-state index contributed by atoms with van der Waals surface area (Å²) in [5.41, 5.74) is 1.81. The van der Waals surface area contributed by atoms with Crippen LogP contribution in [0.2, 0.25) is 0 Å². The number of benzene rings is 2. The first-order valence-electron chi connectivity index (χ1n) is 5.70. The second kappa shape index (κ2) is 4.50. The van der Waals surface area contributed by atoms with E-state index in [0.29, 0.717) is 5.39 Å². The Balaban J connectivity index is 2.80. The third-order valence-corrected chi connectivity index (χ3v) is 3.10. The SMILES string of the molecule is CC=CCc1c(C)c(O)c(O)c2ccccc12. The van der Waals surface area contributed by atoms with Gasteiger partial charge in [-0.1, -0.05) is 36.4 Å². The van der Waals surface area contributed by atoms with E-state index >= 15 is 0 Å². The van der Waals surface area contributed by atoms with Crippen molar-refractivity contribution in [3.05, 3.63) is 47.5 Å². The van der Waals surface area contributed by atoms with Crippen LogP contribution < -0.4 is 0 Å². The van der Waals surface area contributed by atoms with Crippen LogP contribution >= 0.6 is 0 Å². The van der Waals surface area contributed by atoms with Gasteiger partial charge in [-0.25, -0.2) is 0 Å². The van der Waals surface area contributed by atoms with E-state index in [1.807, 2.05) is 50.3 Å². The molecule has 0 unspecified atom stereocenters. The van der Waals surface area contributed by atoms with Gasteiger partial charge < -0.3 is 10.2 Å². The predicted octanol–water partition coefficient (Wildman–Crippen LogP) is 3.68. The second-order valence-electron chi connectivity index (χ2n) is 4.12. The van der Waals surface area contributed by atoms with Crippen LogP contribution in [-0.2, 0) is 6.42 Å². The molecule has 0 spiro atoms. The standard InChI is InChI=1S/C15H16O2/c1-3-4-7-11-10(2)14(16)15(17)13-9-6-5-8-12(11)13/h3-6,8-9,16-17H,7H2,1-2H3. The Morgan fingerprint density at radius 3 is 2.35 bits per heavy atom. The molecule has 0 amide bonds. The average Bonchev–Trinajstić information content (AvgIpc) is 2.36. The van der Waals surface area contributed by atoms with Gasteiger partial charge in [-0.05, 0) is 36.8 Å². The highest BCUT2D eigenvalue weighted by molar-refractivity contribution is 5.94. The van der Waals surface area contributed by atoms with Crippen LogP contribution in [0.3, 0.4) is 0 Å². The van der Waals surface area contributed by atoms with E-state index in [-0.39, 0.29) is 11.5 Å². The third kappa shape index (κ3) is 1.86. The fraction of sp³-hybridized carbons (Fsp3) is 0.200. The van der Waals surface area contributed by atoms with Crippen LogP contribution in [0.1, 0.15) is 18.1 Å². The van der Waals surface area contributed by atoms with Crippen LogP contribution in [0, 0.1) is 6.92 Å². The predicted molar refractivity (Wildman–Crippen MR) is 70.5 cm³/mol. The van der Waals surface area contributed by atoms with Crippen LogP contribution in [0.25, 0.3) is 10.8 Å². The highest BCUT2D eigenvalue weighted by Crippen LogP contribution is 2.39. The van der Waals surface area contributed by atoms with Crippen LogP contribution in [0.15, 0.2) is 36.4 Å². The topological polar surface area (TPSA) is 40.5 Å². The maximum atomic E-state index is 9.92. The van der Waals surface area contributed by atoms with Gasteiger partial charge in [0.15, 0.2) is 11.5 Å². The molecule has 2 heteroatoms. The number of phenols is 2. The summed E-state index contributed by atoms with van der Waals surface area (Å²) in [4.78, 5) is 0. The summed E-state index contributed by atoms with van der Waals surface area (Å²) < 4.78 is 0. The molecule has 0 radical (unpaired) electrons. The van der Waals surface area contributed by atoms with E-state index in [2.05, 4.69) is 0 Å². The Labute approximate surface area is 101 Å². The summed E-state index contributed by atoms with van der Waals surface area (Å²) in [5.74, 6) is -0.0365. The number of allylic oxidation sites excluding steroid dienone is 2. The number of phenolic OH excluding ortho intramolecular Hbond substituents is 2. The van der Waals surface area contributed by atoms with E-state index < -0.39 is 0 Å². The number of aromatic hydroxyl groups is 2. The van der Waals surface area contributed by atoms with Gasteiger partial charge in [0, 0.05) is 5.39 Å². The minimum Gasteiger partial charge on any atom is -0.504 e. The molecule has 0 aliphatic rings. The minimum absolute atomic E-state index is 0.0109. The van der Waals surface area contributed by atoms with Gasteiger partial charge >= 0.3 is 0 Å². The van der Waals surface area contributed by atoms with E-state index in [9.17, 15) is 10.2 Å². The molecular formula is C15H16O2. The Kier molecular flexibility index (Phi) is 3.05. The summed E-state index contributed by atoms with van der Waals surface area (Å²) in [5, 5.41) is 21.5. The van der Waals surface area contributed by atoms with Crippen molar-refractivity contribution >= 4 is 10.8 Å². The molecule has 2 aromatic carbocycles. The lowest BCUT2D eigenvalue weighted by Gasteiger charge is -2.12. The van der Waals surface area contributed by atoms with Crippen molar-refractivity contribution < 1.29 is 10.2 Å². The van der Waals surface area contributed by atoms with Gasteiger partial charge in [0.25, 0.3) is 0 Å². The Bertz CT molecular complexity index is 583. The first-order chi connectivity index (χ1) is 8.16. The summed E-state index contributed by atoms with van der Waals surface area (Å²) in [7, 11) is 0. The molecule has 0 aliphatic carbocycles. The molecule has 0 heterocycles. The molecule has 0 saturated heterocycles. The van der Waals surface area contributed by atoms with Gasteiger partial charge in [-0.15, -0.1) is 0 Å². The number of hydrogen-bond acceptors (Lipinski definition) is 2. The van der Waals surface area contributed by atoms with Crippen molar-refractivity contribution in [3.8, 4) is 11.5 Å². The molecule has 88 valence electrons. The molecule has 0 bridgehead atoms. The van der Waals surface area contributed by atoms with Crippen LogP contribution in [-0.4, -0.2) is 10.2 Å². The summed E-state index contributed by atoms with van der Waals surface area (Å²) in [6, 6.07) is 7.59. The summed E-state index contributed by atoms with van der Waals surface area (Å²) >= 11 is 0. The van der Waals surface area contributed by atoms with Gasteiger partial charge in [-0.3, -0.25) is 0 Å². The van der Waals surface area contributed by atoms with E-state index in [1.54, 1.807) is 0 Å². The molecule has 0 aliphatic heterocycles. The van der Waals surface area contributed by atoms with Gasteiger partial charge in [0.1, 0.15) is 0 Å². The van der Waals surface area contributed by atoms with Gasteiger partial charge in [-0.2, -0.15) is 0 Å². The maximum Gasteiger partial charge on any atom is 0.165 e. The van der Waals surface area contributed by atoms with Crippen molar-refractivity contribution in [2.75, 3.05) is 0 Å². The Morgan fingerprint density at radius 1 is 1.06 bits per heavy atom. The molecular weight excluding hydrogens is 212 g/mol. The lowest BCUT2D eigenvalue weighted by molar-refractivity contribution is 0.405. The monoisotopic (exact) mass is 228 g/mol. The van der Waals surface area contributed by atoms with Crippen LogP contribution in [0.5, 0.6) is 11.5 Å². The maximum absolute atomic E-state index is 9.92. The zero-order valence-corrected chi connectivity index (χ0v) is 10.1. The fourth-order valence-electron chi connectivity index (χ4n) is 2.10. The molecule has 2 rings (SSSR count). The molecule has 2 nitrogen and oxygen atoms in total. The van der Waals surface area contributed by atoms with Crippen molar-refractivity contribution in [2.45, 2.75) is 20.3 Å². The summed E-state index contributed by atoms with van der Waals surface area (Å²) in [6.45, 7) is 3.80.